The lowest BCUT2D eigenvalue weighted by Gasteiger charge is -2.36. The molecule has 3 aliphatic rings. The highest BCUT2D eigenvalue weighted by molar-refractivity contribution is 5.89. The molecule has 0 aromatic heterocycles. The lowest BCUT2D eigenvalue weighted by Crippen LogP contribution is -2.46. The van der Waals surface area contributed by atoms with Gasteiger partial charge < -0.3 is 30.3 Å². The molecule has 2 heterocycles. The Labute approximate surface area is 163 Å². The van der Waals surface area contributed by atoms with E-state index in [1.165, 1.54) is 0 Å². The van der Waals surface area contributed by atoms with Crippen molar-refractivity contribution in [3.05, 3.63) is 23.8 Å². The molecule has 8 heteroatoms. The Morgan fingerprint density at radius 2 is 2.00 bits per heavy atom. The van der Waals surface area contributed by atoms with Crippen LogP contribution in [0.2, 0.25) is 0 Å². The van der Waals surface area contributed by atoms with Crippen molar-refractivity contribution in [2.45, 2.75) is 68.8 Å². The second-order valence-electron chi connectivity index (χ2n) is 7.83. The van der Waals surface area contributed by atoms with Crippen LogP contribution in [0.4, 0.5) is 10.5 Å². The number of aliphatic hydroxyl groups excluding tert-OH is 1. The summed E-state index contributed by atoms with van der Waals surface area (Å²) in [5, 5.41) is 24.6. The third-order valence-corrected chi connectivity index (χ3v) is 5.85. The number of rotatable bonds is 5. The van der Waals surface area contributed by atoms with E-state index in [2.05, 4.69) is 10.6 Å². The summed E-state index contributed by atoms with van der Waals surface area (Å²) in [5.74, 6) is -0.321. The molecule has 1 saturated heterocycles. The van der Waals surface area contributed by atoms with Crippen LogP contribution in [-0.4, -0.2) is 53.2 Å². The Morgan fingerprint density at radius 3 is 2.71 bits per heavy atom. The van der Waals surface area contributed by atoms with Crippen LogP contribution in [0.5, 0.6) is 5.75 Å². The SMILES string of the molecule is O=C(O)C[C@@H]1C[C@@H]2c3cc(NC(=O)NC4CCCC4)ccc3O[C@@H]2[C@H](CO)O1. The van der Waals surface area contributed by atoms with E-state index in [-0.39, 0.29) is 37.1 Å². The maximum atomic E-state index is 12.3. The van der Waals surface area contributed by atoms with Crippen molar-refractivity contribution in [2.75, 3.05) is 11.9 Å². The first-order valence-electron chi connectivity index (χ1n) is 9.89. The van der Waals surface area contributed by atoms with E-state index < -0.39 is 18.2 Å². The summed E-state index contributed by atoms with van der Waals surface area (Å²) in [7, 11) is 0. The van der Waals surface area contributed by atoms with Gasteiger partial charge in [-0.3, -0.25) is 4.79 Å². The number of ether oxygens (including phenoxy) is 2. The van der Waals surface area contributed by atoms with Crippen LogP contribution in [-0.2, 0) is 9.53 Å². The highest BCUT2D eigenvalue weighted by Crippen LogP contribution is 2.47. The van der Waals surface area contributed by atoms with Crippen molar-refractivity contribution in [1.29, 1.82) is 0 Å². The van der Waals surface area contributed by atoms with Crippen molar-refractivity contribution >= 4 is 17.7 Å². The molecule has 0 radical (unpaired) electrons. The van der Waals surface area contributed by atoms with Crippen LogP contribution < -0.4 is 15.4 Å². The molecule has 28 heavy (non-hydrogen) atoms. The number of anilines is 1. The topological polar surface area (TPSA) is 117 Å². The molecule has 2 aliphatic heterocycles. The normalized spacial score (nSPS) is 28.9. The zero-order chi connectivity index (χ0) is 19.7. The van der Waals surface area contributed by atoms with E-state index in [1.807, 2.05) is 6.07 Å². The molecule has 1 saturated carbocycles. The molecule has 2 amide bonds. The minimum absolute atomic E-state index is 0.0788. The molecule has 8 nitrogen and oxygen atoms in total. The molecular formula is C20H26N2O6. The minimum atomic E-state index is -0.932. The van der Waals surface area contributed by atoms with Crippen LogP contribution in [0.3, 0.4) is 0 Å². The number of aliphatic hydroxyl groups is 1. The van der Waals surface area contributed by atoms with Gasteiger partial charge in [0.1, 0.15) is 18.0 Å². The number of nitrogens with one attached hydrogen (secondary N) is 2. The van der Waals surface area contributed by atoms with Gasteiger partial charge in [0.25, 0.3) is 0 Å². The number of carbonyl (C=O) groups excluding carboxylic acids is 1. The second kappa shape index (κ2) is 7.97. The number of urea groups is 1. The third-order valence-electron chi connectivity index (χ3n) is 5.85. The Bertz CT molecular complexity index is 748. The first-order valence-corrected chi connectivity index (χ1v) is 9.89. The predicted octanol–water partition coefficient (Wildman–Crippen LogP) is 2.22. The highest BCUT2D eigenvalue weighted by Gasteiger charge is 2.46. The van der Waals surface area contributed by atoms with Gasteiger partial charge in [0, 0.05) is 23.2 Å². The quantitative estimate of drug-likeness (QED) is 0.612. The van der Waals surface area contributed by atoms with Gasteiger partial charge >= 0.3 is 12.0 Å². The summed E-state index contributed by atoms with van der Waals surface area (Å²) < 4.78 is 11.7. The molecule has 4 atom stereocenters. The molecule has 4 rings (SSSR count). The van der Waals surface area contributed by atoms with Crippen molar-refractivity contribution in [1.82, 2.24) is 5.32 Å². The van der Waals surface area contributed by atoms with E-state index in [0.717, 1.165) is 31.2 Å². The molecule has 1 aliphatic carbocycles. The van der Waals surface area contributed by atoms with Crippen LogP contribution >= 0.6 is 0 Å². The molecule has 0 unspecified atom stereocenters. The maximum absolute atomic E-state index is 12.3. The fourth-order valence-electron chi connectivity index (χ4n) is 4.58. The van der Waals surface area contributed by atoms with E-state index in [4.69, 9.17) is 14.6 Å². The Morgan fingerprint density at radius 1 is 1.21 bits per heavy atom. The monoisotopic (exact) mass is 390 g/mol. The molecule has 1 aromatic carbocycles. The molecule has 152 valence electrons. The van der Waals surface area contributed by atoms with Crippen molar-refractivity contribution in [3.8, 4) is 5.75 Å². The number of carboxylic acid groups (broad SMARTS) is 1. The fraction of sp³-hybridized carbons (Fsp3) is 0.600. The number of carboxylic acids is 1. The zero-order valence-corrected chi connectivity index (χ0v) is 15.6. The molecule has 1 aromatic rings. The summed E-state index contributed by atoms with van der Waals surface area (Å²) >= 11 is 0. The van der Waals surface area contributed by atoms with Gasteiger partial charge in [-0.15, -0.1) is 0 Å². The van der Waals surface area contributed by atoms with Gasteiger partial charge in [0.15, 0.2) is 0 Å². The maximum Gasteiger partial charge on any atom is 0.319 e. The van der Waals surface area contributed by atoms with E-state index >= 15 is 0 Å². The third kappa shape index (κ3) is 3.93. The largest absolute Gasteiger partial charge is 0.487 e. The summed E-state index contributed by atoms with van der Waals surface area (Å²) in [5.41, 5.74) is 1.58. The van der Waals surface area contributed by atoms with Gasteiger partial charge in [-0.25, -0.2) is 4.79 Å². The Kier molecular flexibility index (Phi) is 5.41. The lowest BCUT2D eigenvalue weighted by atomic mass is 9.84. The average Bonchev–Trinajstić information content (AvgIpc) is 3.28. The minimum Gasteiger partial charge on any atom is -0.487 e. The van der Waals surface area contributed by atoms with Gasteiger partial charge in [0.2, 0.25) is 0 Å². The number of hydrogen-bond acceptors (Lipinski definition) is 5. The van der Waals surface area contributed by atoms with Crippen molar-refractivity contribution in [3.63, 3.8) is 0 Å². The zero-order valence-electron chi connectivity index (χ0n) is 15.6. The summed E-state index contributed by atoms with van der Waals surface area (Å²) in [4.78, 5) is 23.3. The summed E-state index contributed by atoms with van der Waals surface area (Å²) in [6.07, 6.45) is 3.31. The first kappa shape index (κ1) is 19.0. The first-order chi connectivity index (χ1) is 13.5. The Balaban J connectivity index is 1.48. The summed E-state index contributed by atoms with van der Waals surface area (Å²) in [6, 6.07) is 5.49. The molecule has 0 spiro atoms. The summed E-state index contributed by atoms with van der Waals surface area (Å²) in [6.45, 7) is -0.236. The fourth-order valence-corrected chi connectivity index (χ4v) is 4.58. The van der Waals surface area contributed by atoms with Crippen LogP contribution in [0.25, 0.3) is 0 Å². The highest BCUT2D eigenvalue weighted by atomic mass is 16.6. The van der Waals surface area contributed by atoms with E-state index in [9.17, 15) is 14.7 Å². The molecule has 2 fully saturated rings. The van der Waals surface area contributed by atoms with Gasteiger partial charge in [0.05, 0.1) is 19.1 Å². The van der Waals surface area contributed by atoms with E-state index in [1.54, 1.807) is 12.1 Å². The van der Waals surface area contributed by atoms with Crippen LogP contribution in [0.1, 0.15) is 50.0 Å². The lowest BCUT2D eigenvalue weighted by molar-refractivity contribution is -0.153. The van der Waals surface area contributed by atoms with Gasteiger partial charge in [-0.05, 0) is 37.5 Å². The number of hydrogen-bond donors (Lipinski definition) is 4. The van der Waals surface area contributed by atoms with Gasteiger partial charge in [-0.1, -0.05) is 12.8 Å². The average molecular weight is 390 g/mol. The predicted molar refractivity (Wildman–Crippen MR) is 101 cm³/mol. The molecule has 4 N–H and O–H groups in total. The number of aliphatic carboxylic acids is 1. The van der Waals surface area contributed by atoms with Crippen molar-refractivity contribution in [2.24, 2.45) is 0 Å². The number of fused-ring (bicyclic) bond motifs is 3. The molecular weight excluding hydrogens is 364 g/mol. The standard InChI is InChI=1S/C20H26N2O6/c23-10-17-19-15(8-13(27-17)9-18(24)25)14-7-12(5-6-16(14)28-19)22-20(26)21-11-3-1-2-4-11/h5-7,11,13,15,17,19,23H,1-4,8-10H2,(H,24,25)(H2,21,22,26)/t13-,15+,17-,19-/m0/s1. The smallest absolute Gasteiger partial charge is 0.319 e. The van der Waals surface area contributed by atoms with Crippen LogP contribution in [0, 0.1) is 0 Å². The number of carbonyl (C=O) groups is 2. The van der Waals surface area contributed by atoms with E-state index in [0.29, 0.717) is 17.9 Å². The van der Waals surface area contributed by atoms with Crippen LogP contribution in [0.15, 0.2) is 18.2 Å². The Hall–Kier alpha value is -2.32. The number of amides is 2. The second-order valence-corrected chi connectivity index (χ2v) is 7.83. The van der Waals surface area contributed by atoms with Gasteiger partial charge in [-0.2, -0.15) is 0 Å². The number of benzene rings is 1. The van der Waals surface area contributed by atoms with Crippen molar-refractivity contribution < 1.29 is 29.3 Å². The molecule has 0 bridgehead atoms.